The molecule has 0 aliphatic carbocycles. The van der Waals surface area contributed by atoms with Gasteiger partial charge in [-0.3, -0.25) is 9.32 Å². The zero-order valence-electron chi connectivity index (χ0n) is 18.2. The molecule has 0 aliphatic rings. The van der Waals surface area contributed by atoms with Crippen LogP contribution in [-0.2, 0) is 22.5 Å². The van der Waals surface area contributed by atoms with Gasteiger partial charge in [0.05, 0.1) is 76.1 Å². The predicted octanol–water partition coefficient (Wildman–Crippen LogP) is 4.63. The fourth-order valence-electron chi connectivity index (χ4n) is 2.68. The van der Waals surface area contributed by atoms with Crippen molar-refractivity contribution in [1.29, 1.82) is 0 Å². The molecule has 6 nitrogen and oxygen atoms in total. The molecular formula is C16H44Cl4MnN2O4+2. The quantitative estimate of drug-likeness (QED) is 0.358. The Morgan fingerprint density at radius 1 is 0.519 bits per heavy atom. The van der Waals surface area contributed by atoms with Gasteiger partial charge in [0, 0.05) is 0 Å². The Kier molecular flexibility index (Phi) is 64.9. The second kappa shape index (κ2) is 37.8. The van der Waals surface area contributed by atoms with Crippen molar-refractivity contribution in [2.75, 3.05) is 52.4 Å². The molecule has 2 N–H and O–H groups in total. The number of hydrogen-bond donors (Lipinski definition) is 2. The van der Waals surface area contributed by atoms with Crippen molar-refractivity contribution in [2.45, 2.75) is 55.4 Å². The van der Waals surface area contributed by atoms with E-state index in [1.807, 2.05) is 0 Å². The summed E-state index contributed by atoms with van der Waals surface area (Å²) < 4.78 is 32.3. The summed E-state index contributed by atoms with van der Waals surface area (Å²) in [5.41, 5.74) is 0. The Labute approximate surface area is 196 Å². The summed E-state index contributed by atoms with van der Waals surface area (Å²) in [6, 6.07) is 0. The van der Waals surface area contributed by atoms with Gasteiger partial charge >= 0.3 is 22.5 Å². The number of rotatable bonds is 8. The van der Waals surface area contributed by atoms with Gasteiger partial charge in [0.2, 0.25) is 0 Å². The molecule has 0 aromatic heterocycles. The number of nitrogens with zero attached hydrogens (tertiary/aromatic N) is 2. The molecular weight excluding hydrogens is 481 g/mol. The van der Waals surface area contributed by atoms with Crippen molar-refractivity contribution in [2.24, 2.45) is 0 Å². The van der Waals surface area contributed by atoms with E-state index >= 15 is 0 Å². The topological polar surface area (TPSA) is 74.6 Å². The third kappa shape index (κ3) is 27.1. The zero-order valence-corrected chi connectivity index (χ0v) is 22.5. The fraction of sp³-hybridized carbons (Fsp3) is 1.00. The van der Waals surface area contributed by atoms with Crippen LogP contribution in [0.4, 0.5) is 0 Å². The first-order valence-electron chi connectivity index (χ1n) is 8.83. The van der Waals surface area contributed by atoms with Crippen LogP contribution in [0.5, 0.6) is 0 Å². The van der Waals surface area contributed by atoms with E-state index in [-0.39, 0.29) is 24.8 Å². The molecule has 27 heavy (non-hydrogen) atoms. The molecule has 0 rings (SSSR count). The number of hydrogen-bond acceptors (Lipinski definition) is 4. The van der Waals surface area contributed by atoms with Crippen LogP contribution in [0.15, 0.2) is 0 Å². The monoisotopic (exact) mass is 523 g/mol. The van der Waals surface area contributed by atoms with Gasteiger partial charge in [0.25, 0.3) is 0 Å². The Morgan fingerprint density at radius 3 is 0.593 bits per heavy atom. The molecule has 11 heteroatoms. The van der Waals surface area contributed by atoms with Gasteiger partial charge in [-0.05, 0) is 55.4 Å². The van der Waals surface area contributed by atoms with Crippen molar-refractivity contribution >= 4 is 48.5 Å². The summed E-state index contributed by atoms with van der Waals surface area (Å²) in [6.45, 7) is 28.4. The second-order valence-electron chi connectivity index (χ2n) is 5.28. The minimum atomic E-state index is -1.44. The van der Waals surface area contributed by atoms with Crippen molar-refractivity contribution in [3.05, 3.63) is 0 Å². The van der Waals surface area contributed by atoms with Crippen LogP contribution in [0.25, 0.3) is 0 Å². The third-order valence-electron chi connectivity index (χ3n) is 5.37. The van der Waals surface area contributed by atoms with Crippen molar-refractivity contribution in [3.63, 3.8) is 0 Å². The van der Waals surface area contributed by atoms with Gasteiger partial charge in [0.15, 0.2) is 0 Å². The van der Waals surface area contributed by atoms with E-state index in [0.29, 0.717) is 0 Å². The van der Waals surface area contributed by atoms with E-state index in [0.717, 1.165) is 0 Å². The van der Waals surface area contributed by atoms with E-state index in [9.17, 15) is 0 Å². The third-order valence-corrected chi connectivity index (χ3v) is 5.37. The Morgan fingerprint density at radius 2 is 0.593 bits per heavy atom. The predicted molar refractivity (Wildman–Crippen MR) is 117 cm³/mol. The molecule has 0 amide bonds. The molecule has 0 aromatic rings. The molecule has 0 aromatic carbocycles. The summed E-state index contributed by atoms with van der Waals surface area (Å²) >= 11 is 5.84. The van der Waals surface area contributed by atoms with Gasteiger partial charge in [-0.25, -0.2) is 0 Å². The number of quaternary nitrogens is 2. The van der Waals surface area contributed by atoms with E-state index < -0.39 is 14.8 Å². The average Bonchev–Trinajstić information content (AvgIpc) is 2.71. The first-order valence-corrected chi connectivity index (χ1v) is 10.5. The second-order valence-corrected chi connectivity index (χ2v) is 5.47. The first-order chi connectivity index (χ1) is 11.9. The summed E-state index contributed by atoms with van der Waals surface area (Å²) in [5, 5.41) is 0. The summed E-state index contributed by atoms with van der Waals surface area (Å²) in [5.74, 6) is 0. The molecule has 0 atom stereocenters. The molecule has 0 aliphatic heterocycles. The Bertz CT molecular complexity index is 214. The van der Waals surface area contributed by atoms with Crippen molar-refractivity contribution < 1.29 is 40.8 Å². The van der Waals surface area contributed by atoms with Gasteiger partial charge in [0.1, 0.15) is 0 Å². The van der Waals surface area contributed by atoms with Gasteiger partial charge in [-0.15, -0.1) is 24.8 Å². The van der Waals surface area contributed by atoms with Crippen LogP contribution in [0.3, 0.4) is 0 Å². The van der Waals surface area contributed by atoms with E-state index in [1.54, 1.807) is 0 Å². The van der Waals surface area contributed by atoms with Crippen LogP contribution < -0.4 is 0 Å². The summed E-state index contributed by atoms with van der Waals surface area (Å²) in [4.78, 5) is 0. The summed E-state index contributed by atoms with van der Waals surface area (Å²) in [6.07, 6.45) is 0. The SMILES string of the molecule is CC[N+](CC)(CC)CC.CC[N+](CC)(CC)CC.Cl.Cl.OCl.OCl.[O]=[Mn]=[O]. The zero-order chi connectivity index (χ0) is 21.4. The molecule has 0 heterocycles. The van der Waals surface area contributed by atoms with Gasteiger partial charge in [-0.2, -0.15) is 0 Å². The van der Waals surface area contributed by atoms with E-state index in [1.165, 1.54) is 61.3 Å². The molecule has 0 saturated carbocycles. The molecule has 0 unspecified atom stereocenters. The fourth-order valence-corrected chi connectivity index (χ4v) is 2.68. The van der Waals surface area contributed by atoms with Crippen molar-refractivity contribution in [3.8, 4) is 0 Å². The van der Waals surface area contributed by atoms with Crippen LogP contribution >= 0.6 is 48.5 Å². The molecule has 0 saturated heterocycles. The molecule has 175 valence electrons. The molecule has 0 spiro atoms. The Hall–Kier alpha value is 1.12. The maximum atomic E-state index is 8.41. The van der Waals surface area contributed by atoms with Crippen LogP contribution in [-0.4, -0.2) is 70.6 Å². The standard InChI is InChI=1S/2C8H20N.2ClHO.2ClH.Mn.2O/c2*1-5-9(6-2,7-3)8-4;2*1-2;;;;;/h2*5-8H2,1-4H3;2*2H;2*1H;;;/q2*+1;;;;;;;. The van der Waals surface area contributed by atoms with Crippen molar-refractivity contribution in [1.82, 2.24) is 0 Å². The van der Waals surface area contributed by atoms with Gasteiger partial charge in [-0.1, -0.05) is 0 Å². The normalized spacial score (nSPS) is 8.89. The van der Waals surface area contributed by atoms with Crippen LogP contribution in [0.2, 0.25) is 0 Å². The van der Waals surface area contributed by atoms with E-state index in [2.05, 4.69) is 79.1 Å². The van der Waals surface area contributed by atoms with E-state index in [4.69, 9.17) is 17.0 Å². The summed E-state index contributed by atoms with van der Waals surface area (Å²) in [7, 11) is 0. The Balaban J connectivity index is -0.0000000421. The minimum absolute atomic E-state index is 0. The number of halogens is 4. The molecule has 0 radical (unpaired) electrons. The van der Waals surface area contributed by atoms with Crippen LogP contribution in [0.1, 0.15) is 55.4 Å². The van der Waals surface area contributed by atoms with Gasteiger partial charge < -0.3 is 8.97 Å². The average molecular weight is 525 g/mol. The van der Waals surface area contributed by atoms with Crippen LogP contribution in [0, 0.1) is 0 Å². The molecule has 0 fully saturated rings. The molecule has 0 bridgehead atoms. The maximum absolute atomic E-state index is 8.41. The first kappa shape index (κ1) is 46.4.